The van der Waals surface area contributed by atoms with Crippen molar-refractivity contribution in [3.63, 3.8) is 0 Å². The fourth-order valence-electron chi connectivity index (χ4n) is 1.93. The van der Waals surface area contributed by atoms with Crippen molar-refractivity contribution in [3.05, 3.63) is 66.3 Å². The Morgan fingerprint density at radius 3 is 2.45 bits per heavy atom. The highest BCUT2D eigenvalue weighted by atomic mass is 127. The highest BCUT2D eigenvalue weighted by Crippen LogP contribution is 2.04. The van der Waals surface area contributed by atoms with Gasteiger partial charge in [-0.1, -0.05) is 19.1 Å². The van der Waals surface area contributed by atoms with Gasteiger partial charge in [-0.05, 0) is 46.7 Å². The molecule has 2 aromatic rings. The van der Waals surface area contributed by atoms with Gasteiger partial charge >= 0.3 is 5.69 Å². The first-order valence-corrected chi connectivity index (χ1v) is 7.35. The van der Waals surface area contributed by atoms with Crippen LogP contribution in [0.3, 0.4) is 0 Å². The summed E-state index contributed by atoms with van der Waals surface area (Å²) in [5.41, 5.74) is 0.0736. The van der Waals surface area contributed by atoms with Crippen LogP contribution in [0.4, 0.5) is 4.39 Å². The van der Waals surface area contributed by atoms with Crippen LogP contribution in [0.1, 0.15) is 18.9 Å². The largest absolute Gasteiger partial charge is 0.331 e. The number of rotatable bonds is 4. The maximum atomic E-state index is 12.9. The Kier molecular flexibility index (Phi) is 4.74. The Bertz CT molecular complexity index is 719. The van der Waals surface area contributed by atoms with Gasteiger partial charge in [-0.15, -0.1) is 0 Å². The summed E-state index contributed by atoms with van der Waals surface area (Å²) in [6, 6.07) is 5.79. The molecule has 0 unspecified atom stereocenters. The maximum absolute atomic E-state index is 12.9. The zero-order chi connectivity index (χ0) is 14.7. The predicted octanol–water partition coefficient (Wildman–Crippen LogP) is 2.21. The third-order valence-electron chi connectivity index (χ3n) is 2.91. The smallest absolute Gasteiger partial charge is 0.299 e. The fraction of sp³-hybridized carbons (Fsp3) is 0.286. The van der Waals surface area contributed by atoms with E-state index in [1.165, 1.54) is 21.3 Å². The highest BCUT2D eigenvalue weighted by Gasteiger charge is 2.09. The lowest BCUT2D eigenvalue weighted by atomic mass is 10.2. The van der Waals surface area contributed by atoms with Gasteiger partial charge in [0, 0.05) is 12.7 Å². The van der Waals surface area contributed by atoms with E-state index in [0.29, 0.717) is 10.1 Å². The molecule has 0 bridgehead atoms. The minimum Gasteiger partial charge on any atom is -0.299 e. The van der Waals surface area contributed by atoms with E-state index in [9.17, 15) is 14.0 Å². The molecule has 0 aliphatic rings. The molecule has 0 saturated carbocycles. The van der Waals surface area contributed by atoms with Crippen molar-refractivity contribution >= 4 is 22.6 Å². The molecule has 2 rings (SSSR count). The standard InChI is InChI=1S/C14H14FIN2O2/c1-2-7-17-9-12(16)13(19)18(14(17)20)8-10-3-5-11(15)6-4-10/h3-6,9H,2,7-8H2,1H3. The van der Waals surface area contributed by atoms with Gasteiger partial charge in [0.05, 0.1) is 10.1 Å². The van der Waals surface area contributed by atoms with Crippen molar-refractivity contribution in [3.8, 4) is 0 Å². The van der Waals surface area contributed by atoms with E-state index in [2.05, 4.69) is 0 Å². The second-order valence-corrected chi connectivity index (χ2v) is 5.63. The van der Waals surface area contributed by atoms with Crippen LogP contribution in [0.5, 0.6) is 0 Å². The molecule has 0 N–H and O–H groups in total. The van der Waals surface area contributed by atoms with Crippen molar-refractivity contribution in [1.29, 1.82) is 0 Å². The third kappa shape index (κ3) is 3.17. The number of halogens is 2. The molecule has 0 atom stereocenters. The molecule has 0 saturated heterocycles. The summed E-state index contributed by atoms with van der Waals surface area (Å²) in [4.78, 5) is 24.3. The zero-order valence-corrected chi connectivity index (χ0v) is 13.1. The summed E-state index contributed by atoms with van der Waals surface area (Å²) < 4.78 is 16.1. The summed E-state index contributed by atoms with van der Waals surface area (Å²) in [6.45, 7) is 2.69. The SMILES string of the molecule is CCCn1cc(I)c(=O)n(Cc2ccc(F)cc2)c1=O. The Balaban J connectivity index is 2.47. The molecule has 0 aliphatic heterocycles. The number of aryl methyl sites for hydroxylation is 1. The van der Waals surface area contributed by atoms with E-state index in [0.717, 1.165) is 12.0 Å². The summed E-state index contributed by atoms with van der Waals surface area (Å²) in [5, 5.41) is 0. The number of hydrogen-bond acceptors (Lipinski definition) is 2. The van der Waals surface area contributed by atoms with Crippen LogP contribution in [0.25, 0.3) is 0 Å². The van der Waals surface area contributed by atoms with Crippen molar-refractivity contribution in [2.24, 2.45) is 0 Å². The monoisotopic (exact) mass is 388 g/mol. The molecule has 0 fully saturated rings. The van der Waals surface area contributed by atoms with Gasteiger partial charge in [-0.2, -0.15) is 0 Å². The molecular weight excluding hydrogens is 374 g/mol. The minimum atomic E-state index is -0.341. The summed E-state index contributed by atoms with van der Waals surface area (Å²) >= 11 is 1.93. The molecule has 20 heavy (non-hydrogen) atoms. The predicted molar refractivity (Wildman–Crippen MR) is 83.5 cm³/mol. The van der Waals surface area contributed by atoms with Crippen LogP contribution in [-0.2, 0) is 13.1 Å². The van der Waals surface area contributed by atoms with E-state index in [-0.39, 0.29) is 23.6 Å². The number of aromatic nitrogens is 2. The molecule has 4 nitrogen and oxygen atoms in total. The van der Waals surface area contributed by atoms with E-state index < -0.39 is 0 Å². The van der Waals surface area contributed by atoms with Crippen LogP contribution in [0.15, 0.2) is 40.1 Å². The summed E-state index contributed by atoms with van der Waals surface area (Å²) in [7, 11) is 0. The fourth-order valence-corrected chi connectivity index (χ4v) is 2.56. The summed E-state index contributed by atoms with van der Waals surface area (Å²) in [6.07, 6.45) is 2.39. The van der Waals surface area contributed by atoms with Crippen LogP contribution in [0.2, 0.25) is 0 Å². The van der Waals surface area contributed by atoms with Gasteiger partial charge in [0.15, 0.2) is 0 Å². The molecule has 0 amide bonds. The zero-order valence-electron chi connectivity index (χ0n) is 11.0. The van der Waals surface area contributed by atoms with Gasteiger partial charge in [-0.25, -0.2) is 9.18 Å². The van der Waals surface area contributed by atoms with Crippen LogP contribution in [-0.4, -0.2) is 9.13 Å². The van der Waals surface area contributed by atoms with E-state index >= 15 is 0 Å². The van der Waals surface area contributed by atoms with Gasteiger partial charge in [-0.3, -0.25) is 13.9 Å². The van der Waals surface area contributed by atoms with Crippen molar-refractivity contribution in [1.82, 2.24) is 9.13 Å². The molecule has 106 valence electrons. The lowest BCUT2D eigenvalue weighted by Crippen LogP contribution is -2.41. The quantitative estimate of drug-likeness (QED) is 0.755. The second-order valence-electron chi connectivity index (χ2n) is 4.47. The second kappa shape index (κ2) is 6.34. The molecule has 1 aromatic carbocycles. The Hall–Kier alpha value is -1.44. The van der Waals surface area contributed by atoms with Crippen LogP contribution in [0, 0.1) is 9.39 Å². The first-order chi connectivity index (χ1) is 9.52. The number of nitrogens with zero attached hydrogens (tertiary/aromatic N) is 2. The first kappa shape index (κ1) is 15.0. The molecule has 0 radical (unpaired) electrons. The first-order valence-electron chi connectivity index (χ1n) is 6.27. The Labute approximate surface area is 129 Å². The van der Waals surface area contributed by atoms with Gasteiger partial charge in [0.2, 0.25) is 0 Å². The van der Waals surface area contributed by atoms with Gasteiger partial charge in [0.1, 0.15) is 5.82 Å². The van der Waals surface area contributed by atoms with Gasteiger partial charge < -0.3 is 0 Å². The average molecular weight is 388 g/mol. The molecule has 1 heterocycles. The van der Waals surface area contributed by atoms with E-state index in [1.807, 2.05) is 29.5 Å². The number of hydrogen-bond donors (Lipinski definition) is 0. The highest BCUT2D eigenvalue weighted by molar-refractivity contribution is 14.1. The van der Waals surface area contributed by atoms with Crippen molar-refractivity contribution < 1.29 is 4.39 Å². The van der Waals surface area contributed by atoms with Gasteiger partial charge in [0.25, 0.3) is 5.56 Å². The van der Waals surface area contributed by atoms with Crippen molar-refractivity contribution in [2.75, 3.05) is 0 Å². The third-order valence-corrected chi connectivity index (χ3v) is 3.65. The van der Waals surface area contributed by atoms with Crippen LogP contribution >= 0.6 is 22.6 Å². The molecule has 1 aromatic heterocycles. The lowest BCUT2D eigenvalue weighted by molar-refractivity contribution is 0.565. The minimum absolute atomic E-state index is 0.151. The van der Waals surface area contributed by atoms with E-state index in [1.54, 1.807) is 18.3 Å². The summed E-state index contributed by atoms with van der Waals surface area (Å²) in [5.74, 6) is -0.341. The van der Waals surface area contributed by atoms with Crippen molar-refractivity contribution in [2.45, 2.75) is 26.4 Å². The molecule has 0 aliphatic carbocycles. The lowest BCUT2D eigenvalue weighted by Gasteiger charge is -2.10. The Morgan fingerprint density at radius 2 is 1.85 bits per heavy atom. The normalized spacial score (nSPS) is 10.8. The molecular formula is C14H14FIN2O2. The average Bonchev–Trinajstić information content (AvgIpc) is 2.43. The van der Waals surface area contributed by atoms with Crippen LogP contribution < -0.4 is 11.2 Å². The molecule has 0 spiro atoms. The Morgan fingerprint density at radius 1 is 1.20 bits per heavy atom. The number of benzene rings is 1. The molecule has 6 heteroatoms. The topological polar surface area (TPSA) is 44.0 Å². The van der Waals surface area contributed by atoms with E-state index in [4.69, 9.17) is 0 Å². The maximum Gasteiger partial charge on any atom is 0.331 e.